The number of rotatable bonds is 10. The summed E-state index contributed by atoms with van der Waals surface area (Å²) in [5.41, 5.74) is 5.93. The van der Waals surface area contributed by atoms with Crippen molar-refractivity contribution in [2.24, 2.45) is 7.05 Å². The minimum atomic E-state index is -0.822. The Labute approximate surface area is 255 Å². The minimum Gasteiger partial charge on any atom is -0.480 e. The van der Waals surface area contributed by atoms with E-state index in [9.17, 15) is 14.7 Å². The van der Waals surface area contributed by atoms with Crippen LogP contribution in [0.5, 0.6) is 11.8 Å². The molecule has 0 fully saturated rings. The van der Waals surface area contributed by atoms with Gasteiger partial charge in [0.05, 0.1) is 11.0 Å². The first kappa shape index (κ1) is 28.9. The fourth-order valence-corrected chi connectivity index (χ4v) is 5.46. The van der Waals surface area contributed by atoms with Gasteiger partial charge < -0.3 is 14.6 Å². The van der Waals surface area contributed by atoms with E-state index in [0.29, 0.717) is 37.1 Å². The zero-order valence-corrected chi connectivity index (χ0v) is 24.7. The van der Waals surface area contributed by atoms with Gasteiger partial charge in [-0.2, -0.15) is 4.98 Å². The van der Waals surface area contributed by atoms with Crippen molar-refractivity contribution in [2.45, 2.75) is 32.6 Å². The molecule has 0 amide bonds. The number of benzene rings is 3. The number of fused-ring (bicyclic) bond motifs is 1. The Balaban J connectivity index is 1.34. The number of aliphatic carboxylic acids is 1. The Hall–Kier alpha value is -5.15. The summed E-state index contributed by atoms with van der Waals surface area (Å²) in [6.07, 6.45) is 2.80. The van der Waals surface area contributed by atoms with Crippen LogP contribution in [0.25, 0.3) is 22.3 Å². The SMILES string of the molecule is C[C@@H](C(=O)O)N1CC=C(c2ccc3c(c2)n(C)c(=O)n3-c2ccc(OCc3ccccc3)nc2OCc2ccccc2)CC1. The van der Waals surface area contributed by atoms with Crippen LogP contribution < -0.4 is 15.2 Å². The molecule has 0 unspecified atom stereocenters. The summed E-state index contributed by atoms with van der Waals surface area (Å²) in [6, 6.07) is 28.7. The molecule has 0 saturated carbocycles. The van der Waals surface area contributed by atoms with Gasteiger partial charge >= 0.3 is 11.7 Å². The second-order valence-corrected chi connectivity index (χ2v) is 10.9. The second kappa shape index (κ2) is 12.6. The van der Waals surface area contributed by atoms with E-state index in [1.54, 1.807) is 29.2 Å². The Bertz CT molecular complexity index is 1880. The van der Waals surface area contributed by atoms with E-state index in [1.807, 2.05) is 89.8 Å². The van der Waals surface area contributed by atoms with Gasteiger partial charge in [0.15, 0.2) is 0 Å². The molecule has 0 aliphatic carbocycles. The van der Waals surface area contributed by atoms with Crippen LogP contribution in [0.15, 0.2) is 102 Å². The molecule has 0 saturated heterocycles. The van der Waals surface area contributed by atoms with Crippen molar-refractivity contribution >= 4 is 22.6 Å². The highest BCUT2D eigenvalue weighted by atomic mass is 16.5. The van der Waals surface area contributed by atoms with E-state index in [1.165, 1.54) is 0 Å². The number of carbonyl (C=O) groups is 1. The Morgan fingerprint density at radius 1 is 0.909 bits per heavy atom. The lowest BCUT2D eigenvalue weighted by Gasteiger charge is -2.29. The maximum Gasteiger partial charge on any atom is 0.333 e. The van der Waals surface area contributed by atoms with Gasteiger partial charge in [-0.15, -0.1) is 0 Å². The first-order valence-electron chi connectivity index (χ1n) is 14.6. The molecule has 5 aromatic rings. The molecule has 1 aliphatic heterocycles. The molecule has 6 rings (SSSR count). The van der Waals surface area contributed by atoms with Crippen LogP contribution in [0.1, 0.15) is 30.0 Å². The smallest absolute Gasteiger partial charge is 0.333 e. The van der Waals surface area contributed by atoms with E-state index in [4.69, 9.17) is 14.5 Å². The minimum absolute atomic E-state index is 0.222. The lowest BCUT2D eigenvalue weighted by Crippen LogP contribution is -2.41. The molecule has 1 N–H and O–H groups in total. The highest BCUT2D eigenvalue weighted by Crippen LogP contribution is 2.30. The maximum absolute atomic E-state index is 13.7. The molecule has 0 bridgehead atoms. The van der Waals surface area contributed by atoms with Gasteiger partial charge in [0.1, 0.15) is 24.9 Å². The highest BCUT2D eigenvalue weighted by molar-refractivity contribution is 5.83. The zero-order valence-electron chi connectivity index (χ0n) is 24.7. The van der Waals surface area contributed by atoms with Gasteiger partial charge in [-0.3, -0.25) is 18.8 Å². The number of nitrogens with zero attached hydrogens (tertiary/aromatic N) is 4. The largest absolute Gasteiger partial charge is 0.480 e. The number of hydrogen-bond donors (Lipinski definition) is 1. The van der Waals surface area contributed by atoms with Crippen LogP contribution in [-0.4, -0.2) is 49.2 Å². The van der Waals surface area contributed by atoms with E-state index in [0.717, 1.165) is 39.7 Å². The molecule has 1 atom stereocenters. The molecule has 1 aliphatic rings. The molecule has 2 aromatic heterocycles. The van der Waals surface area contributed by atoms with Crippen molar-refractivity contribution in [3.05, 3.63) is 124 Å². The summed E-state index contributed by atoms with van der Waals surface area (Å²) < 4.78 is 15.5. The second-order valence-electron chi connectivity index (χ2n) is 10.9. The van der Waals surface area contributed by atoms with Crippen LogP contribution in [0.2, 0.25) is 0 Å². The molecule has 3 heterocycles. The van der Waals surface area contributed by atoms with Gasteiger partial charge in [-0.05, 0) is 53.8 Å². The van der Waals surface area contributed by atoms with Crippen molar-refractivity contribution in [2.75, 3.05) is 13.1 Å². The predicted octanol–water partition coefficient (Wildman–Crippen LogP) is 5.44. The summed E-state index contributed by atoms with van der Waals surface area (Å²) in [6.45, 7) is 3.56. The van der Waals surface area contributed by atoms with Crippen molar-refractivity contribution < 1.29 is 19.4 Å². The lowest BCUT2D eigenvalue weighted by atomic mass is 9.98. The quantitative estimate of drug-likeness (QED) is 0.231. The summed E-state index contributed by atoms with van der Waals surface area (Å²) in [5, 5.41) is 9.37. The molecule has 9 heteroatoms. The van der Waals surface area contributed by atoms with Gasteiger partial charge in [0.25, 0.3) is 0 Å². The normalized spacial score (nSPS) is 14.3. The monoisotopic (exact) mass is 590 g/mol. The molecule has 3 aromatic carbocycles. The summed E-state index contributed by atoms with van der Waals surface area (Å²) in [4.78, 5) is 31.8. The first-order valence-corrected chi connectivity index (χ1v) is 14.6. The summed E-state index contributed by atoms with van der Waals surface area (Å²) in [5.74, 6) is -0.135. The third-order valence-corrected chi connectivity index (χ3v) is 8.08. The summed E-state index contributed by atoms with van der Waals surface area (Å²) in [7, 11) is 1.76. The third kappa shape index (κ3) is 6.00. The van der Waals surface area contributed by atoms with Crippen LogP contribution in [0.3, 0.4) is 0 Å². The Morgan fingerprint density at radius 3 is 2.23 bits per heavy atom. The molecule has 9 nitrogen and oxygen atoms in total. The molecular weight excluding hydrogens is 556 g/mol. The number of aromatic nitrogens is 3. The molecule has 44 heavy (non-hydrogen) atoms. The molecular formula is C35H34N4O5. The highest BCUT2D eigenvalue weighted by Gasteiger charge is 2.24. The standard InChI is InChI=1S/C35H34N4O5/c1-24(34(40)41)38-19-17-27(18-20-38)28-13-14-29-31(21-28)37(2)35(42)39(29)30-15-16-32(43-22-25-9-5-3-6-10-25)36-33(30)44-23-26-11-7-4-8-12-26/h3-17,21,24H,18-20,22-23H2,1-2H3,(H,40,41)/t24-/m0/s1. The van der Waals surface area contributed by atoms with Crippen LogP contribution in [0.4, 0.5) is 0 Å². The lowest BCUT2D eigenvalue weighted by molar-refractivity contribution is -0.142. The first-order chi connectivity index (χ1) is 21.4. The average Bonchev–Trinajstić information content (AvgIpc) is 3.31. The van der Waals surface area contributed by atoms with Crippen molar-refractivity contribution in [1.82, 2.24) is 19.0 Å². The average molecular weight is 591 g/mol. The van der Waals surface area contributed by atoms with Crippen LogP contribution >= 0.6 is 0 Å². The fraction of sp³-hybridized carbons (Fsp3) is 0.229. The topological polar surface area (TPSA) is 98.8 Å². The number of hydrogen-bond acceptors (Lipinski definition) is 6. The van der Waals surface area contributed by atoms with Gasteiger partial charge in [0, 0.05) is 26.2 Å². The van der Waals surface area contributed by atoms with Crippen LogP contribution in [-0.2, 0) is 25.1 Å². The van der Waals surface area contributed by atoms with Crippen LogP contribution in [0, 0.1) is 0 Å². The molecule has 224 valence electrons. The Kier molecular flexibility index (Phi) is 8.29. The van der Waals surface area contributed by atoms with Gasteiger partial charge in [0.2, 0.25) is 11.8 Å². The zero-order chi connectivity index (χ0) is 30.6. The number of carboxylic acids is 1. The van der Waals surface area contributed by atoms with Crippen molar-refractivity contribution in [3.8, 4) is 17.4 Å². The number of aryl methyl sites for hydroxylation is 1. The van der Waals surface area contributed by atoms with E-state index in [-0.39, 0.29) is 12.3 Å². The third-order valence-electron chi connectivity index (χ3n) is 8.08. The summed E-state index contributed by atoms with van der Waals surface area (Å²) >= 11 is 0. The Morgan fingerprint density at radius 2 is 1.59 bits per heavy atom. The predicted molar refractivity (Wildman–Crippen MR) is 169 cm³/mol. The fourth-order valence-electron chi connectivity index (χ4n) is 5.46. The number of ether oxygens (including phenoxy) is 2. The maximum atomic E-state index is 13.7. The van der Waals surface area contributed by atoms with Crippen molar-refractivity contribution in [1.29, 1.82) is 0 Å². The van der Waals surface area contributed by atoms with E-state index < -0.39 is 12.0 Å². The van der Waals surface area contributed by atoms with Gasteiger partial charge in [-0.1, -0.05) is 72.8 Å². The number of carboxylic acid groups (broad SMARTS) is 1. The van der Waals surface area contributed by atoms with Crippen molar-refractivity contribution in [3.63, 3.8) is 0 Å². The molecule has 0 radical (unpaired) electrons. The number of imidazole rings is 1. The molecule has 0 spiro atoms. The van der Waals surface area contributed by atoms with Gasteiger partial charge in [-0.25, -0.2) is 4.79 Å². The number of pyridine rings is 1. The van der Waals surface area contributed by atoms with E-state index >= 15 is 0 Å². The van der Waals surface area contributed by atoms with E-state index in [2.05, 4.69) is 6.08 Å².